The molecule has 2 aliphatic rings. The SMILES string of the molecule is C/C=C/CCC1CCC(/C=C/C2CCC(c3ccc(C(F)(F)Oc4ccc(F)c(F)c4)c(F)c3)CC2)CC1. The molecule has 0 unspecified atom stereocenters. The highest BCUT2D eigenvalue weighted by Crippen LogP contribution is 2.40. The van der Waals surface area contributed by atoms with Gasteiger partial charge in [-0.2, -0.15) is 8.78 Å². The maximum absolute atomic E-state index is 14.8. The molecule has 0 N–H and O–H groups in total. The molecular weight excluding hydrogens is 495 g/mol. The number of hydrogen-bond acceptors (Lipinski definition) is 1. The zero-order valence-electron chi connectivity index (χ0n) is 22.0. The fraction of sp³-hybridized carbons (Fsp3) is 0.500. The molecule has 2 fully saturated rings. The molecule has 0 spiro atoms. The van der Waals surface area contributed by atoms with Gasteiger partial charge in [-0.3, -0.25) is 0 Å². The first-order valence-corrected chi connectivity index (χ1v) is 13.9. The van der Waals surface area contributed by atoms with Crippen LogP contribution < -0.4 is 4.74 Å². The van der Waals surface area contributed by atoms with Crippen molar-refractivity contribution < 1.29 is 26.7 Å². The number of alkyl halides is 2. The third-order valence-electron chi connectivity index (χ3n) is 8.21. The number of allylic oxidation sites excluding steroid dienone is 4. The van der Waals surface area contributed by atoms with Gasteiger partial charge in [0.25, 0.3) is 0 Å². The Morgan fingerprint density at radius 3 is 2.05 bits per heavy atom. The lowest BCUT2D eigenvalue weighted by Crippen LogP contribution is -2.24. The topological polar surface area (TPSA) is 9.23 Å². The van der Waals surface area contributed by atoms with Gasteiger partial charge in [0, 0.05) is 6.07 Å². The van der Waals surface area contributed by atoms with Crippen LogP contribution in [0.1, 0.15) is 88.2 Å². The average molecular weight is 533 g/mol. The summed E-state index contributed by atoms with van der Waals surface area (Å²) in [6.07, 6.45) is 16.5. The summed E-state index contributed by atoms with van der Waals surface area (Å²) in [7, 11) is 0. The van der Waals surface area contributed by atoms with Gasteiger partial charge in [-0.25, -0.2) is 13.2 Å². The van der Waals surface area contributed by atoms with Crippen molar-refractivity contribution in [3.63, 3.8) is 0 Å². The van der Waals surface area contributed by atoms with Gasteiger partial charge in [0.2, 0.25) is 0 Å². The summed E-state index contributed by atoms with van der Waals surface area (Å²) >= 11 is 0. The van der Waals surface area contributed by atoms with Gasteiger partial charge in [-0.1, -0.05) is 30.4 Å². The predicted octanol–water partition coefficient (Wildman–Crippen LogP) is 10.2. The molecular formula is C32H37F5O. The summed E-state index contributed by atoms with van der Waals surface area (Å²) in [5.74, 6) is -1.99. The molecule has 0 bridgehead atoms. The fourth-order valence-corrected chi connectivity index (χ4v) is 5.89. The van der Waals surface area contributed by atoms with Crippen molar-refractivity contribution in [1.29, 1.82) is 0 Å². The Hall–Kier alpha value is -2.63. The summed E-state index contributed by atoms with van der Waals surface area (Å²) in [4.78, 5) is 0. The maximum Gasteiger partial charge on any atom is 0.429 e. The van der Waals surface area contributed by atoms with Gasteiger partial charge in [0.1, 0.15) is 11.6 Å². The van der Waals surface area contributed by atoms with E-state index < -0.39 is 34.9 Å². The Morgan fingerprint density at radius 2 is 1.45 bits per heavy atom. The maximum atomic E-state index is 14.8. The minimum absolute atomic E-state index is 0.122. The lowest BCUT2D eigenvalue weighted by molar-refractivity contribution is -0.187. The third kappa shape index (κ3) is 7.48. The van der Waals surface area contributed by atoms with Crippen molar-refractivity contribution in [3.05, 3.63) is 89.3 Å². The van der Waals surface area contributed by atoms with Gasteiger partial charge < -0.3 is 4.74 Å². The molecule has 2 aromatic carbocycles. The van der Waals surface area contributed by atoms with E-state index in [0.29, 0.717) is 29.5 Å². The van der Waals surface area contributed by atoms with Crippen LogP contribution in [-0.4, -0.2) is 0 Å². The van der Waals surface area contributed by atoms with Crippen LogP contribution in [0.3, 0.4) is 0 Å². The Balaban J connectivity index is 1.27. The Bertz CT molecular complexity index is 1110. The highest BCUT2D eigenvalue weighted by Gasteiger charge is 2.38. The van der Waals surface area contributed by atoms with E-state index in [-0.39, 0.29) is 5.92 Å². The second kappa shape index (κ2) is 12.9. The van der Waals surface area contributed by atoms with Crippen LogP contribution in [0.5, 0.6) is 5.75 Å². The van der Waals surface area contributed by atoms with E-state index in [1.54, 1.807) is 0 Å². The minimum atomic E-state index is -4.03. The van der Waals surface area contributed by atoms with E-state index in [4.69, 9.17) is 0 Å². The van der Waals surface area contributed by atoms with Gasteiger partial charge >= 0.3 is 6.11 Å². The fourth-order valence-electron chi connectivity index (χ4n) is 5.89. The molecule has 2 saturated carbocycles. The van der Waals surface area contributed by atoms with Crippen LogP contribution in [0, 0.1) is 35.2 Å². The van der Waals surface area contributed by atoms with Gasteiger partial charge in [0.15, 0.2) is 11.6 Å². The Morgan fingerprint density at radius 1 is 0.789 bits per heavy atom. The van der Waals surface area contributed by atoms with Crippen molar-refractivity contribution in [2.45, 2.75) is 83.2 Å². The van der Waals surface area contributed by atoms with Crippen LogP contribution >= 0.6 is 0 Å². The van der Waals surface area contributed by atoms with Gasteiger partial charge in [-0.05, 0) is 125 Å². The molecule has 2 aliphatic carbocycles. The molecule has 2 aromatic rings. The average Bonchev–Trinajstić information content (AvgIpc) is 2.90. The monoisotopic (exact) mass is 532 g/mol. The normalized spacial score (nSPS) is 24.8. The summed E-state index contributed by atoms with van der Waals surface area (Å²) in [6.45, 7) is 2.07. The van der Waals surface area contributed by atoms with E-state index in [1.807, 2.05) is 0 Å². The van der Waals surface area contributed by atoms with Crippen LogP contribution in [-0.2, 0) is 6.11 Å². The van der Waals surface area contributed by atoms with Crippen molar-refractivity contribution in [2.75, 3.05) is 0 Å². The van der Waals surface area contributed by atoms with Gasteiger partial charge in [-0.15, -0.1) is 0 Å². The molecule has 38 heavy (non-hydrogen) atoms. The molecule has 0 atom stereocenters. The zero-order chi connectivity index (χ0) is 27.1. The highest BCUT2D eigenvalue weighted by atomic mass is 19.3. The van der Waals surface area contributed by atoms with E-state index in [1.165, 1.54) is 44.6 Å². The Kier molecular flexibility index (Phi) is 9.67. The smallest absolute Gasteiger partial charge is 0.429 e. The van der Waals surface area contributed by atoms with E-state index >= 15 is 0 Å². The second-order valence-electron chi connectivity index (χ2n) is 10.9. The number of halogens is 5. The summed E-state index contributed by atoms with van der Waals surface area (Å²) in [5.41, 5.74) is -0.229. The molecule has 0 radical (unpaired) electrons. The zero-order valence-corrected chi connectivity index (χ0v) is 22.0. The van der Waals surface area contributed by atoms with Crippen molar-refractivity contribution in [1.82, 2.24) is 0 Å². The highest BCUT2D eigenvalue weighted by molar-refractivity contribution is 5.31. The van der Waals surface area contributed by atoms with Gasteiger partial charge in [0.05, 0.1) is 5.56 Å². The quantitative estimate of drug-likeness (QED) is 0.231. The molecule has 0 aliphatic heterocycles. The summed E-state index contributed by atoms with van der Waals surface area (Å²) < 4.78 is 74.9. The number of rotatable bonds is 9. The predicted molar refractivity (Wildman–Crippen MR) is 141 cm³/mol. The first kappa shape index (κ1) is 28.4. The van der Waals surface area contributed by atoms with Crippen molar-refractivity contribution in [2.24, 2.45) is 17.8 Å². The lowest BCUT2D eigenvalue weighted by Gasteiger charge is -2.29. The van der Waals surface area contributed by atoms with E-state index in [0.717, 1.165) is 49.8 Å². The summed E-state index contributed by atoms with van der Waals surface area (Å²) in [5, 5.41) is 0. The molecule has 0 saturated heterocycles. The van der Waals surface area contributed by atoms with Crippen LogP contribution in [0.2, 0.25) is 0 Å². The molecule has 0 aromatic heterocycles. The van der Waals surface area contributed by atoms with Crippen LogP contribution in [0.4, 0.5) is 22.0 Å². The molecule has 1 nitrogen and oxygen atoms in total. The molecule has 206 valence electrons. The van der Waals surface area contributed by atoms with Crippen molar-refractivity contribution >= 4 is 0 Å². The Labute approximate surface area is 222 Å². The standard InChI is InChI=1S/C32H37F5O/c1-2-3-4-5-22-6-8-23(9-7-22)10-11-24-12-14-25(15-13-24)26-16-18-28(30(34)20-26)32(36,37)38-27-17-19-29(33)31(35)21-27/h2-3,10-11,16-25H,4-9,12-15H2,1H3/b3-2+,11-10+. The molecule has 0 amide bonds. The molecule has 0 heterocycles. The number of hydrogen-bond donors (Lipinski definition) is 0. The van der Waals surface area contributed by atoms with E-state index in [9.17, 15) is 22.0 Å². The minimum Gasteiger partial charge on any atom is -0.429 e. The number of benzene rings is 2. The number of ether oxygens (including phenoxy) is 1. The first-order chi connectivity index (χ1) is 18.2. The first-order valence-electron chi connectivity index (χ1n) is 13.9. The second-order valence-corrected chi connectivity index (χ2v) is 10.9. The van der Waals surface area contributed by atoms with E-state index in [2.05, 4.69) is 36.0 Å². The third-order valence-corrected chi connectivity index (χ3v) is 8.21. The van der Waals surface area contributed by atoms with Crippen LogP contribution in [0.15, 0.2) is 60.7 Å². The lowest BCUT2D eigenvalue weighted by atomic mass is 9.76. The molecule has 4 rings (SSSR count). The van der Waals surface area contributed by atoms with Crippen LogP contribution in [0.25, 0.3) is 0 Å². The summed E-state index contributed by atoms with van der Waals surface area (Å²) in [6, 6.07) is 5.79. The van der Waals surface area contributed by atoms with Crippen molar-refractivity contribution in [3.8, 4) is 5.75 Å². The molecule has 6 heteroatoms. The largest absolute Gasteiger partial charge is 0.429 e.